The van der Waals surface area contributed by atoms with Crippen molar-refractivity contribution in [3.63, 3.8) is 0 Å². The number of carbonyl (C=O) groups excluding carboxylic acids is 2. The van der Waals surface area contributed by atoms with Crippen LogP contribution in [-0.2, 0) is 32.4 Å². The number of halogens is 1. The summed E-state index contributed by atoms with van der Waals surface area (Å²) in [5.41, 5.74) is 8.59. The molecular formula is C32H32FN5O5S. The second-order valence-electron chi connectivity index (χ2n) is 11.2. The van der Waals surface area contributed by atoms with Gasteiger partial charge in [0.1, 0.15) is 23.4 Å². The minimum atomic E-state index is -3.60. The quantitative estimate of drug-likeness (QED) is 0.295. The average Bonchev–Trinajstić information content (AvgIpc) is 3.87. The van der Waals surface area contributed by atoms with Crippen molar-refractivity contribution in [3.8, 4) is 5.75 Å². The topological polar surface area (TPSA) is 144 Å². The number of nitrogens with one attached hydrogen (secondary N) is 2. The van der Waals surface area contributed by atoms with Gasteiger partial charge in [0.25, 0.3) is 0 Å². The molecule has 4 aromatic rings. The van der Waals surface area contributed by atoms with Gasteiger partial charge in [-0.3, -0.25) is 9.59 Å². The first-order chi connectivity index (χ1) is 21.0. The van der Waals surface area contributed by atoms with Crippen molar-refractivity contribution in [2.75, 3.05) is 30.5 Å². The number of ether oxygens (including phenoxy) is 1. The lowest BCUT2D eigenvalue weighted by atomic mass is 9.98. The van der Waals surface area contributed by atoms with Gasteiger partial charge >= 0.3 is 0 Å². The van der Waals surface area contributed by atoms with Crippen molar-refractivity contribution in [2.45, 2.75) is 48.4 Å². The average molecular weight is 618 g/mol. The number of aryl methyl sites for hydroxylation is 1. The molecule has 1 saturated carbocycles. The number of nitrogens with zero attached hydrogens (tertiary/aromatic N) is 2. The predicted molar refractivity (Wildman–Crippen MR) is 166 cm³/mol. The maximum absolute atomic E-state index is 14.7. The summed E-state index contributed by atoms with van der Waals surface area (Å²) in [6, 6.07) is 14.0. The fourth-order valence-electron chi connectivity index (χ4n) is 5.59. The lowest BCUT2D eigenvalue weighted by molar-refractivity contribution is -0.131. The SMILES string of the molecule is COc1ccc2cc1CCC(=O)Nc1ccc(S(=O)(=O)C3CC3)c(c1)CN(C)C(=O)[C@@H]2Nc1ccc2c(N)ncc(F)c2c1. The van der Waals surface area contributed by atoms with Gasteiger partial charge in [-0.1, -0.05) is 6.07 Å². The molecule has 2 aliphatic rings. The number of hydrogen-bond donors (Lipinski definition) is 3. The molecule has 1 aliphatic heterocycles. The van der Waals surface area contributed by atoms with Crippen LogP contribution >= 0.6 is 0 Å². The number of hydrogen-bond acceptors (Lipinski definition) is 8. The van der Waals surface area contributed by atoms with E-state index in [1.54, 1.807) is 49.5 Å². The van der Waals surface area contributed by atoms with Crippen LogP contribution in [0.4, 0.5) is 21.6 Å². The second kappa shape index (κ2) is 11.4. The normalized spacial score (nSPS) is 17.6. The lowest BCUT2D eigenvalue weighted by Crippen LogP contribution is -2.35. The molecule has 10 nitrogen and oxygen atoms in total. The van der Waals surface area contributed by atoms with E-state index in [0.29, 0.717) is 52.9 Å². The van der Waals surface area contributed by atoms with Crippen LogP contribution in [-0.4, -0.2) is 49.5 Å². The summed E-state index contributed by atoms with van der Waals surface area (Å²) in [5.74, 6) is -0.395. The molecule has 2 amide bonds. The highest BCUT2D eigenvalue weighted by molar-refractivity contribution is 7.92. The number of fused-ring (bicyclic) bond motifs is 5. The van der Waals surface area contributed by atoms with Gasteiger partial charge in [0.05, 0.1) is 23.5 Å². The van der Waals surface area contributed by atoms with Crippen LogP contribution in [0.3, 0.4) is 0 Å². The zero-order chi connectivity index (χ0) is 31.2. The second-order valence-corrected chi connectivity index (χ2v) is 13.4. The number of anilines is 3. The smallest absolute Gasteiger partial charge is 0.249 e. The minimum absolute atomic E-state index is 0.0282. The number of sulfone groups is 1. The van der Waals surface area contributed by atoms with E-state index < -0.39 is 26.9 Å². The standard InChI is InChI=1S/C32H32FN5O5S/c1-38-17-20-14-21(6-11-28(20)44(41,42)23-7-8-23)36-29(39)12-4-18-13-19(3-10-27(18)43-2)30(32(38)40)37-22-5-9-24-25(15-22)26(33)16-35-31(24)34/h3,5-6,9-11,13-16,23,30,37H,4,7-8,12,17H2,1-2H3,(H2,34,35)(H,36,39)/t30-/m1/s1. The molecule has 6 rings (SSSR count). The molecule has 12 heteroatoms. The van der Waals surface area contributed by atoms with Gasteiger partial charge in [-0.2, -0.15) is 0 Å². The van der Waals surface area contributed by atoms with Crippen LogP contribution < -0.4 is 21.1 Å². The number of aromatic nitrogens is 1. The van der Waals surface area contributed by atoms with Crippen LogP contribution in [0, 0.1) is 5.82 Å². The summed E-state index contributed by atoms with van der Waals surface area (Å²) in [6.07, 6.45) is 2.69. The third kappa shape index (κ3) is 5.64. The van der Waals surface area contributed by atoms with Gasteiger partial charge in [-0.05, 0) is 84.5 Å². The first kappa shape index (κ1) is 29.4. The lowest BCUT2D eigenvalue weighted by Gasteiger charge is -2.27. The molecule has 1 fully saturated rings. The van der Waals surface area contributed by atoms with Gasteiger partial charge in [0.2, 0.25) is 11.8 Å². The molecule has 228 valence electrons. The monoisotopic (exact) mass is 617 g/mol. The number of nitrogen functional groups attached to an aromatic ring is 1. The molecule has 0 unspecified atom stereocenters. The number of rotatable bonds is 5. The van der Waals surface area contributed by atoms with Crippen LogP contribution in [0.25, 0.3) is 10.8 Å². The van der Waals surface area contributed by atoms with E-state index in [1.807, 2.05) is 6.07 Å². The zero-order valence-corrected chi connectivity index (χ0v) is 25.1. The Morgan fingerprint density at radius 2 is 1.82 bits per heavy atom. The number of nitrogens with two attached hydrogens (primary N) is 1. The van der Waals surface area contributed by atoms with Gasteiger partial charge in [-0.15, -0.1) is 0 Å². The number of benzene rings is 3. The highest BCUT2D eigenvalue weighted by Gasteiger charge is 2.38. The molecule has 0 radical (unpaired) electrons. The first-order valence-corrected chi connectivity index (χ1v) is 15.8. The Morgan fingerprint density at radius 1 is 1.02 bits per heavy atom. The Labute approximate surface area is 254 Å². The molecule has 44 heavy (non-hydrogen) atoms. The van der Waals surface area contributed by atoms with Crippen LogP contribution in [0.15, 0.2) is 65.7 Å². The number of carbonyl (C=O) groups is 2. The van der Waals surface area contributed by atoms with E-state index in [4.69, 9.17) is 10.5 Å². The van der Waals surface area contributed by atoms with Gasteiger partial charge in [-0.25, -0.2) is 17.8 Å². The number of likely N-dealkylation sites (N-methyl/N-ethyl adjacent to an activating group) is 1. The third-order valence-corrected chi connectivity index (χ3v) is 10.4. The predicted octanol–water partition coefficient (Wildman–Crippen LogP) is 4.60. The molecule has 1 aliphatic carbocycles. The van der Waals surface area contributed by atoms with Crippen LogP contribution in [0.2, 0.25) is 0 Å². The summed E-state index contributed by atoms with van der Waals surface area (Å²) in [5, 5.41) is 6.36. The fourth-order valence-corrected chi connectivity index (χ4v) is 7.45. The van der Waals surface area contributed by atoms with E-state index in [9.17, 15) is 22.4 Å². The van der Waals surface area contributed by atoms with Crippen molar-refractivity contribution >= 4 is 49.6 Å². The van der Waals surface area contributed by atoms with E-state index in [1.165, 1.54) is 18.1 Å². The van der Waals surface area contributed by atoms with Crippen molar-refractivity contribution in [1.82, 2.24) is 9.88 Å². The van der Waals surface area contributed by atoms with Crippen molar-refractivity contribution < 1.29 is 27.1 Å². The number of pyridine rings is 1. The summed E-state index contributed by atoms with van der Waals surface area (Å²) in [7, 11) is -0.465. The van der Waals surface area contributed by atoms with Crippen LogP contribution in [0.1, 0.15) is 42.0 Å². The summed E-state index contributed by atoms with van der Waals surface area (Å²) in [4.78, 5) is 32.6. The number of amides is 2. The van der Waals surface area contributed by atoms with Crippen molar-refractivity contribution in [2.24, 2.45) is 0 Å². The van der Waals surface area contributed by atoms with E-state index in [2.05, 4.69) is 15.6 Å². The molecule has 4 bridgehead atoms. The van der Waals surface area contributed by atoms with E-state index in [-0.39, 0.29) is 40.9 Å². The maximum Gasteiger partial charge on any atom is 0.249 e. The molecule has 1 aromatic heterocycles. The molecule has 2 heterocycles. The summed E-state index contributed by atoms with van der Waals surface area (Å²) >= 11 is 0. The molecule has 1 atom stereocenters. The van der Waals surface area contributed by atoms with Crippen molar-refractivity contribution in [1.29, 1.82) is 0 Å². The number of methoxy groups -OCH3 is 1. The van der Waals surface area contributed by atoms with Crippen LogP contribution in [0.5, 0.6) is 5.75 Å². The fraction of sp³-hybridized carbons (Fsp3) is 0.281. The third-order valence-electron chi connectivity index (χ3n) is 8.08. The Kier molecular flexibility index (Phi) is 7.62. The van der Waals surface area contributed by atoms with E-state index >= 15 is 0 Å². The molecule has 3 aromatic carbocycles. The van der Waals surface area contributed by atoms with Gasteiger partial charge in [0, 0.05) is 42.2 Å². The largest absolute Gasteiger partial charge is 0.496 e. The highest BCUT2D eigenvalue weighted by atomic mass is 32.2. The molecule has 4 N–H and O–H groups in total. The zero-order valence-electron chi connectivity index (χ0n) is 24.3. The molecule has 0 saturated heterocycles. The first-order valence-electron chi connectivity index (χ1n) is 14.2. The van der Waals surface area contributed by atoms with E-state index in [0.717, 1.165) is 11.8 Å². The minimum Gasteiger partial charge on any atom is -0.496 e. The molecular weight excluding hydrogens is 585 g/mol. The Balaban J connectivity index is 1.44. The Hall–Kier alpha value is -4.71. The van der Waals surface area contributed by atoms with Gasteiger partial charge < -0.3 is 26.0 Å². The molecule has 0 spiro atoms. The Morgan fingerprint density at radius 3 is 2.57 bits per heavy atom. The van der Waals surface area contributed by atoms with Crippen molar-refractivity contribution in [3.05, 3.63) is 83.3 Å². The highest BCUT2D eigenvalue weighted by Crippen LogP contribution is 2.37. The van der Waals surface area contributed by atoms with Gasteiger partial charge in [0.15, 0.2) is 9.84 Å². The Bertz CT molecular complexity index is 1910. The summed E-state index contributed by atoms with van der Waals surface area (Å²) < 4.78 is 46.9. The maximum atomic E-state index is 14.7. The summed E-state index contributed by atoms with van der Waals surface area (Å²) in [6.45, 7) is -0.0282.